The molecule has 3 unspecified atom stereocenters. The molecule has 0 aromatic heterocycles. The number of carbonyl (C=O) groups excluding carboxylic acids is 5. The molecule has 2 saturated heterocycles. The van der Waals surface area contributed by atoms with E-state index < -0.39 is 54.1 Å². The van der Waals surface area contributed by atoms with Crippen LogP contribution in [-0.2, 0) is 28.8 Å². The van der Waals surface area contributed by atoms with Crippen molar-refractivity contribution in [1.29, 1.82) is 0 Å². The molecule has 39 heavy (non-hydrogen) atoms. The fraction of sp³-hybridized carbons (Fsp3) is 0.577. The second-order valence-corrected chi connectivity index (χ2v) is 12.7. The maximum absolute atomic E-state index is 13.6. The third-order valence-corrected chi connectivity index (χ3v) is 10.0. The highest BCUT2D eigenvalue weighted by Gasteiger charge is 2.46. The van der Waals surface area contributed by atoms with Crippen LogP contribution in [0.4, 0.5) is 0 Å². The second kappa shape index (κ2) is 14.3. The summed E-state index contributed by atoms with van der Waals surface area (Å²) in [6, 6.07) is 5.56. The van der Waals surface area contributed by atoms with Gasteiger partial charge in [0.15, 0.2) is 0 Å². The average molecular weight is 580 g/mol. The van der Waals surface area contributed by atoms with Gasteiger partial charge < -0.3 is 16.4 Å². The van der Waals surface area contributed by atoms with Gasteiger partial charge in [-0.1, -0.05) is 43.7 Å². The molecule has 4 N–H and O–H groups in total. The molecule has 1 aromatic carbocycles. The van der Waals surface area contributed by atoms with Gasteiger partial charge in [-0.15, -0.1) is 23.5 Å². The lowest BCUT2D eigenvalue weighted by atomic mass is 10.1. The first-order valence-electron chi connectivity index (χ1n) is 12.9. The zero-order chi connectivity index (χ0) is 28.6. The summed E-state index contributed by atoms with van der Waals surface area (Å²) < 4.78 is -0.187. The largest absolute Gasteiger partial charge is 0.339 e. The monoisotopic (exact) mass is 579 g/mol. The summed E-state index contributed by atoms with van der Waals surface area (Å²) in [4.78, 5) is 71.6. The highest BCUT2D eigenvalue weighted by atomic mass is 32.2. The van der Waals surface area contributed by atoms with Gasteiger partial charge in [0, 0.05) is 13.6 Å². The minimum absolute atomic E-state index is 0.187. The van der Waals surface area contributed by atoms with E-state index in [-0.39, 0.29) is 10.5 Å². The van der Waals surface area contributed by atoms with Crippen LogP contribution in [0.2, 0.25) is 0 Å². The predicted molar refractivity (Wildman–Crippen MR) is 150 cm³/mol. The summed E-state index contributed by atoms with van der Waals surface area (Å²) >= 11 is 3.57. The van der Waals surface area contributed by atoms with Crippen LogP contribution < -0.4 is 16.4 Å². The van der Waals surface area contributed by atoms with Gasteiger partial charge in [0.1, 0.15) is 12.6 Å². The molecule has 11 nitrogen and oxygen atoms in total. The number of benzene rings is 1. The number of hydrogen-bond donors (Lipinski definition) is 3. The molecular formula is C26H37N5O6S2. The van der Waals surface area contributed by atoms with Crippen LogP contribution in [0.3, 0.4) is 0 Å². The highest BCUT2D eigenvalue weighted by molar-refractivity contribution is 8.18. The van der Waals surface area contributed by atoms with Gasteiger partial charge in [0.05, 0.1) is 23.3 Å². The van der Waals surface area contributed by atoms with Crippen molar-refractivity contribution in [1.82, 2.24) is 20.6 Å². The Bertz CT molecular complexity index is 1050. The van der Waals surface area contributed by atoms with Gasteiger partial charge in [-0.2, -0.15) is 0 Å². The first-order chi connectivity index (χ1) is 18.6. The van der Waals surface area contributed by atoms with Crippen LogP contribution in [0.25, 0.3) is 0 Å². The van der Waals surface area contributed by atoms with E-state index in [9.17, 15) is 24.0 Å². The van der Waals surface area contributed by atoms with E-state index in [0.29, 0.717) is 29.8 Å². The van der Waals surface area contributed by atoms with Gasteiger partial charge >= 0.3 is 0 Å². The Kier molecular flexibility index (Phi) is 11.4. The van der Waals surface area contributed by atoms with E-state index in [0.717, 1.165) is 23.0 Å². The van der Waals surface area contributed by atoms with Gasteiger partial charge in [0.2, 0.25) is 17.6 Å². The van der Waals surface area contributed by atoms with Crippen molar-refractivity contribution < 1.29 is 28.8 Å². The van der Waals surface area contributed by atoms with Crippen molar-refractivity contribution in [3.63, 3.8) is 0 Å². The first kappa shape index (κ1) is 31.1. The molecule has 2 aliphatic rings. The lowest BCUT2D eigenvalue weighted by Gasteiger charge is -2.31. The van der Waals surface area contributed by atoms with Crippen LogP contribution in [0.15, 0.2) is 30.3 Å². The SMILES string of the molecule is CCCC(N)C(=O)C(=O)N(CC(=O)NC(C(=O)N(C)OC)c1ccccc1)C(=O)C1CC2(CN1)SCCCS2. The minimum Gasteiger partial charge on any atom is -0.339 e. The van der Waals surface area contributed by atoms with Crippen molar-refractivity contribution in [2.75, 3.05) is 38.8 Å². The second-order valence-electron chi connectivity index (χ2n) is 9.52. The zero-order valence-corrected chi connectivity index (χ0v) is 24.1. The number of carbonyl (C=O) groups is 5. The molecule has 0 bridgehead atoms. The topological polar surface area (TPSA) is 151 Å². The Morgan fingerprint density at radius 3 is 2.46 bits per heavy atom. The number of likely N-dealkylation sites (N-methyl/N-ethyl adjacent to an activating group) is 1. The minimum atomic E-state index is -1.14. The number of thioether (sulfide) groups is 2. The van der Waals surface area contributed by atoms with Crippen LogP contribution >= 0.6 is 23.5 Å². The molecule has 214 valence electrons. The van der Waals surface area contributed by atoms with E-state index in [2.05, 4.69) is 10.6 Å². The number of ketones is 1. The van der Waals surface area contributed by atoms with Crippen LogP contribution in [-0.4, -0.2) is 94.3 Å². The fourth-order valence-electron chi connectivity index (χ4n) is 4.47. The Morgan fingerprint density at radius 2 is 1.85 bits per heavy atom. The van der Waals surface area contributed by atoms with Crippen molar-refractivity contribution in [3.05, 3.63) is 35.9 Å². The molecule has 0 aliphatic carbocycles. The Morgan fingerprint density at radius 1 is 1.18 bits per heavy atom. The number of nitrogens with zero attached hydrogens (tertiary/aromatic N) is 2. The normalized spacial score (nSPS) is 19.6. The Labute approximate surface area is 237 Å². The number of hydroxylamine groups is 2. The number of rotatable bonds is 11. The van der Waals surface area contributed by atoms with E-state index in [1.165, 1.54) is 14.2 Å². The number of nitrogens with one attached hydrogen (secondary N) is 2. The van der Waals surface area contributed by atoms with Gasteiger partial charge in [-0.3, -0.25) is 33.7 Å². The third-order valence-electron chi connectivity index (χ3n) is 6.68. The molecule has 2 aliphatic heterocycles. The third kappa shape index (κ3) is 7.82. The number of hydrogen-bond acceptors (Lipinski definition) is 10. The van der Waals surface area contributed by atoms with Crippen molar-refractivity contribution >= 4 is 52.9 Å². The van der Waals surface area contributed by atoms with E-state index in [1.54, 1.807) is 53.9 Å². The van der Waals surface area contributed by atoms with Crippen molar-refractivity contribution in [2.45, 2.75) is 54.8 Å². The summed E-state index contributed by atoms with van der Waals surface area (Å²) in [6.45, 7) is 1.67. The number of nitrogens with two attached hydrogens (primary N) is 1. The fourth-order valence-corrected chi connectivity index (χ4v) is 7.75. The molecule has 2 fully saturated rings. The molecule has 13 heteroatoms. The zero-order valence-electron chi connectivity index (χ0n) is 22.5. The molecule has 3 rings (SSSR count). The van der Waals surface area contributed by atoms with Crippen molar-refractivity contribution in [2.24, 2.45) is 5.73 Å². The van der Waals surface area contributed by atoms with Crippen LogP contribution in [0.1, 0.15) is 44.2 Å². The predicted octanol–water partition coefficient (Wildman–Crippen LogP) is 0.844. The molecular weight excluding hydrogens is 542 g/mol. The maximum atomic E-state index is 13.6. The summed E-state index contributed by atoms with van der Waals surface area (Å²) in [6.07, 6.45) is 2.39. The quantitative estimate of drug-likeness (QED) is 0.254. The maximum Gasteiger partial charge on any atom is 0.298 e. The number of imide groups is 1. The van der Waals surface area contributed by atoms with Crippen molar-refractivity contribution in [3.8, 4) is 0 Å². The molecule has 3 atom stereocenters. The first-order valence-corrected chi connectivity index (χ1v) is 14.9. The lowest BCUT2D eigenvalue weighted by Crippen LogP contribution is -2.55. The van der Waals surface area contributed by atoms with E-state index in [1.807, 2.05) is 6.92 Å². The number of Topliss-reactive ketones (excluding diaryl/α,β-unsaturated/α-hetero) is 1. The van der Waals surface area contributed by atoms with E-state index >= 15 is 0 Å². The van der Waals surface area contributed by atoms with E-state index in [4.69, 9.17) is 10.6 Å². The number of amides is 4. The molecule has 2 heterocycles. The standard InChI is InChI=1S/C26H37N5O6S2/c1-4-9-18(27)22(33)25(36)31(23(34)19-14-26(16-28-19)38-12-8-13-39-26)15-20(32)29-21(24(35)30(2)37-3)17-10-6-5-7-11-17/h5-7,10-11,18-19,21,28H,4,8-9,12-16,27H2,1-3H3,(H,29,32). The highest BCUT2D eigenvalue weighted by Crippen LogP contribution is 2.47. The van der Waals surface area contributed by atoms with Crippen LogP contribution in [0.5, 0.6) is 0 Å². The Balaban J connectivity index is 1.82. The molecule has 1 spiro atoms. The lowest BCUT2D eigenvalue weighted by molar-refractivity contribution is -0.172. The van der Waals surface area contributed by atoms with Gasteiger partial charge in [-0.05, 0) is 36.3 Å². The molecule has 0 saturated carbocycles. The summed E-state index contributed by atoms with van der Waals surface area (Å²) in [7, 11) is 2.72. The van der Waals surface area contributed by atoms with Crippen LogP contribution in [0, 0.1) is 0 Å². The summed E-state index contributed by atoms with van der Waals surface area (Å²) in [5, 5.41) is 6.76. The molecule has 0 radical (unpaired) electrons. The van der Waals surface area contributed by atoms with Gasteiger partial charge in [-0.25, -0.2) is 5.06 Å². The average Bonchev–Trinajstić information content (AvgIpc) is 3.36. The van der Waals surface area contributed by atoms with Gasteiger partial charge in [0.25, 0.3) is 11.8 Å². The summed E-state index contributed by atoms with van der Waals surface area (Å²) in [5.41, 5.74) is 6.39. The summed E-state index contributed by atoms with van der Waals surface area (Å²) in [5.74, 6) is -2.10. The molecule has 1 aromatic rings. The molecule has 4 amide bonds. The smallest absolute Gasteiger partial charge is 0.298 e. The Hall–Kier alpha value is -2.45.